The number of para-hydroxylation sites is 1. The number of primary amides is 1. The molecule has 6 heteroatoms. The summed E-state index contributed by atoms with van der Waals surface area (Å²) >= 11 is 0. The monoisotopic (exact) mass is 260 g/mol. The Bertz CT molecular complexity index is 690. The molecule has 0 saturated heterocycles. The Morgan fingerprint density at radius 1 is 1.26 bits per heavy atom. The molecule has 0 atom stereocenters. The zero-order valence-electron chi connectivity index (χ0n) is 10.0. The molecule has 1 heterocycles. The van der Waals surface area contributed by atoms with Gasteiger partial charge in [-0.25, -0.2) is 4.79 Å². The predicted molar refractivity (Wildman–Crippen MR) is 68.6 cm³/mol. The Morgan fingerprint density at radius 3 is 2.74 bits per heavy atom. The van der Waals surface area contributed by atoms with Crippen molar-refractivity contribution in [3.05, 3.63) is 46.3 Å². The van der Waals surface area contributed by atoms with E-state index in [4.69, 9.17) is 10.2 Å². The second-order valence-corrected chi connectivity index (χ2v) is 3.96. The normalized spacial score (nSPS) is 10.3. The summed E-state index contributed by atoms with van der Waals surface area (Å²) in [7, 11) is 0. The summed E-state index contributed by atoms with van der Waals surface area (Å²) in [5.74, 6) is -1.11. The minimum Gasteiger partial charge on any atom is -0.422 e. The number of hydrogen-bond acceptors (Lipinski definition) is 4. The molecule has 3 N–H and O–H groups in total. The van der Waals surface area contributed by atoms with Crippen LogP contribution in [0.5, 0.6) is 0 Å². The smallest absolute Gasteiger partial charge is 0.349 e. The van der Waals surface area contributed by atoms with Crippen LogP contribution < -0.4 is 16.7 Å². The number of benzene rings is 1. The third-order valence-corrected chi connectivity index (χ3v) is 2.54. The van der Waals surface area contributed by atoms with E-state index in [0.717, 1.165) is 0 Å². The Morgan fingerprint density at radius 2 is 2.00 bits per heavy atom. The van der Waals surface area contributed by atoms with Crippen molar-refractivity contribution in [1.29, 1.82) is 0 Å². The van der Waals surface area contributed by atoms with E-state index in [9.17, 15) is 14.4 Å². The van der Waals surface area contributed by atoms with E-state index in [-0.39, 0.29) is 18.5 Å². The number of amides is 2. The SMILES string of the molecule is NC(=O)CCNC(=O)c1cc2ccccc2oc1=O. The van der Waals surface area contributed by atoms with Gasteiger partial charge in [-0.15, -0.1) is 0 Å². The van der Waals surface area contributed by atoms with Crippen molar-refractivity contribution in [1.82, 2.24) is 5.32 Å². The van der Waals surface area contributed by atoms with Gasteiger partial charge in [-0.3, -0.25) is 9.59 Å². The highest BCUT2D eigenvalue weighted by molar-refractivity contribution is 5.96. The van der Waals surface area contributed by atoms with Crippen molar-refractivity contribution >= 4 is 22.8 Å². The van der Waals surface area contributed by atoms with Crippen molar-refractivity contribution in [2.75, 3.05) is 6.54 Å². The van der Waals surface area contributed by atoms with Crippen LogP contribution in [0.4, 0.5) is 0 Å². The molecule has 0 aliphatic heterocycles. The number of nitrogens with one attached hydrogen (secondary N) is 1. The molecule has 2 aromatic rings. The fourth-order valence-corrected chi connectivity index (χ4v) is 1.61. The lowest BCUT2D eigenvalue weighted by molar-refractivity contribution is -0.117. The summed E-state index contributed by atoms with van der Waals surface area (Å²) in [6.07, 6.45) is 0.0185. The molecule has 0 bridgehead atoms. The second kappa shape index (κ2) is 5.34. The third kappa shape index (κ3) is 2.98. The first-order valence-electron chi connectivity index (χ1n) is 5.67. The van der Waals surface area contributed by atoms with Crippen molar-refractivity contribution in [3.8, 4) is 0 Å². The molecule has 0 saturated carbocycles. The van der Waals surface area contributed by atoms with Crippen LogP contribution in [0.3, 0.4) is 0 Å². The third-order valence-electron chi connectivity index (χ3n) is 2.54. The highest BCUT2D eigenvalue weighted by atomic mass is 16.4. The fraction of sp³-hybridized carbons (Fsp3) is 0.154. The van der Waals surface area contributed by atoms with Gasteiger partial charge in [0.2, 0.25) is 5.91 Å². The number of nitrogens with two attached hydrogens (primary N) is 1. The molecular formula is C13H12N2O4. The average Bonchev–Trinajstić information content (AvgIpc) is 2.37. The summed E-state index contributed by atoms with van der Waals surface area (Å²) in [5, 5.41) is 3.09. The van der Waals surface area contributed by atoms with E-state index in [0.29, 0.717) is 11.0 Å². The highest BCUT2D eigenvalue weighted by Crippen LogP contribution is 2.12. The molecule has 0 aliphatic rings. The maximum atomic E-state index is 11.8. The molecule has 1 aromatic heterocycles. The van der Waals surface area contributed by atoms with Crippen LogP contribution in [-0.4, -0.2) is 18.4 Å². The predicted octanol–water partition coefficient (Wildman–Crippen LogP) is 0.398. The van der Waals surface area contributed by atoms with Gasteiger partial charge in [0.15, 0.2) is 0 Å². The lowest BCUT2D eigenvalue weighted by Gasteiger charge is -2.03. The number of fused-ring (bicyclic) bond motifs is 1. The van der Waals surface area contributed by atoms with E-state index in [1.165, 1.54) is 6.07 Å². The molecule has 1 aromatic carbocycles. The fourth-order valence-electron chi connectivity index (χ4n) is 1.61. The summed E-state index contributed by atoms with van der Waals surface area (Å²) < 4.78 is 5.03. The van der Waals surface area contributed by atoms with Gasteiger partial charge in [-0.05, 0) is 12.1 Å². The highest BCUT2D eigenvalue weighted by Gasteiger charge is 2.13. The summed E-state index contributed by atoms with van der Waals surface area (Å²) in [4.78, 5) is 34.0. The maximum Gasteiger partial charge on any atom is 0.349 e. The van der Waals surface area contributed by atoms with Gasteiger partial charge in [-0.2, -0.15) is 0 Å². The Labute approximate surface area is 108 Å². The second-order valence-electron chi connectivity index (χ2n) is 3.96. The van der Waals surface area contributed by atoms with E-state index in [1.54, 1.807) is 24.3 Å². The zero-order chi connectivity index (χ0) is 13.8. The van der Waals surface area contributed by atoms with Crippen LogP contribution >= 0.6 is 0 Å². The van der Waals surface area contributed by atoms with E-state index in [2.05, 4.69) is 5.32 Å². The molecular weight excluding hydrogens is 248 g/mol. The van der Waals surface area contributed by atoms with Crippen LogP contribution in [0.25, 0.3) is 11.0 Å². The van der Waals surface area contributed by atoms with Crippen LogP contribution in [-0.2, 0) is 4.79 Å². The van der Waals surface area contributed by atoms with Crippen molar-refractivity contribution in [2.24, 2.45) is 5.73 Å². The number of hydrogen-bond donors (Lipinski definition) is 2. The van der Waals surface area contributed by atoms with E-state index >= 15 is 0 Å². The number of rotatable bonds is 4. The Hall–Kier alpha value is -2.63. The van der Waals surface area contributed by atoms with Crippen molar-refractivity contribution in [3.63, 3.8) is 0 Å². The molecule has 0 spiro atoms. The molecule has 98 valence electrons. The largest absolute Gasteiger partial charge is 0.422 e. The molecule has 6 nitrogen and oxygen atoms in total. The van der Waals surface area contributed by atoms with Gasteiger partial charge in [-0.1, -0.05) is 18.2 Å². The summed E-state index contributed by atoms with van der Waals surface area (Å²) in [6.45, 7) is 0.0838. The average molecular weight is 260 g/mol. The van der Waals surface area contributed by atoms with Gasteiger partial charge in [0.25, 0.3) is 5.91 Å². The van der Waals surface area contributed by atoms with Gasteiger partial charge in [0.1, 0.15) is 11.1 Å². The molecule has 0 fully saturated rings. The van der Waals surface area contributed by atoms with E-state index < -0.39 is 17.4 Å². The van der Waals surface area contributed by atoms with Gasteiger partial charge in [0, 0.05) is 18.4 Å². The standard InChI is InChI=1S/C13H12N2O4/c14-11(16)5-6-15-12(17)9-7-8-3-1-2-4-10(8)19-13(9)18/h1-4,7H,5-6H2,(H2,14,16)(H,15,17). The quantitative estimate of drug-likeness (QED) is 0.776. The first kappa shape index (κ1) is 12.8. The van der Waals surface area contributed by atoms with Crippen LogP contribution in [0, 0.1) is 0 Å². The Balaban J connectivity index is 2.24. The van der Waals surface area contributed by atoms with Crippen molar-refractivity contribution < 1.29 is 14.0 Å². The Kier molecular flexibility index (Phi) is 3.61. The van der Waals surface area contributed by atoms with Gasteiger partial charge < -0.3 is 15.5 Å². The molecule has 19 heavy (non-hydrogen) atoms. The summed E-state index contributed by atoms with van der Waals surface area (Å²) in [6, 6.07) is 8.35. The van der Waals surface area contributed by atoms with Gasteiger partial charge >= 0.3 is 5.63 Å². The van der Waals surface area contributed by atoms with Crippen LogP contribution in [0.15, 0.2) is 39.5 Å². The number of carbonyl (C=O) groups is 2. The zero-order valence-corrected chi connectivity index (χ0v) is 10.0. The summed E-state index contributed by atoms with van der Waals surface area (Å²) in [5.41, 5.74) is 4.56. The molecule has 2 amide bonds. The number of carbonyl (C=O) groups excluding carboxylic acids is 2. The molecule has 0 radical (unpaired) electrons. The minimum absolute atomic E-state index is 0.0185. The van der Waals surface area contributed by atoms with Crippen molar-refractivity contribution in [2.45, 2.75) is 6.42 Å². The van der Waals surface area contributed by atoms with Crippen LogP contribution in [0.1, 0.15) is 16.8 Å². The molecule has 0 unspecified atom stereocenters. The maximum absolute atomic E-state index is 11.8. The lowest BCUT2D eigenvalue weighted by Crippen LogP contribution is -2.31. The minimum atomic E-state index is -0.713. The molecule has 2 rings (SSSR count). The first-order chi connectivity index (χ1) is 9.08. The first-order valence-corrected chi connectivity index (χ1v) is 5.67. The molecule has 0 aliphatic carbocycles. The van der Waals surface area contributed by atoms with Gasteiger partial charge in [0.05, 0.1) is 0 Å². The lowest BCUT2D eigenvalue weighted by atomic mass is 10.2. The van der Waals surface area contributed by atoms with E-state index in [1.807, 2.05) is 0 Å². The van der Waals surface area contributed by atoms with Crippen LogP contribution in [0.2, 0.25) is 0 Å². The topological polar surface area (TPSA) is 102 Å².